The minimum absolute atomic E-state index is 0.0815. The summed E-state index contributed by atoms with van der Waals surface area (Å²) < 4.78 is 10.3. The lowest BCUT2D eigenvalue weighted by Crippen LogP contribution is -2.29. The van der Waals surface area contributed by atoms with Gasteiger partial charge in [0.2, 0.25) is 0 Å². The molecule has 0 fully saturated rings. The highest BCUT2D eigenvalue weighted by Crippen LogP contribution is 2.25. The van der Waals surface area contributed by atoms with Gasteiger partial charge in [-0.2, -0.15) is 0 Å². The summed E-state index contributed by atoms with van der Waals surface area (Å²) >= 11 is 0. The second kappa shape index (κ2) is 8.28. The van der Waals surface area contributed by atoms with Gasteiger partial charge in [0.25, 0.3) is 5.91 Å². The van der Waals surface area contributed by atoms with Crippen molar-refractivity contribution in [3.63, 3.8) is 0 Å². The van der Waals surface area contributed by atoms with Crippen molar-refractivity contribution in [2.75, 3.05) is 13.7 Å². The topological polar surface area (TPSA) is 77.5 Å². The number of ether oxygens (including phenoxy) is 2. The lowest BCUT2D eigenvalue weighted by molar-refractivity contribution is -0.123. The molecular weight excluding hydrogens is 320 g/mol. The molecule has 0 atom stereocenters. The third-order valence-corrected chi connectivity index (χ3v) is 3.93. The van der Waals surface area contributed by atoms with Crippen LogP contribution >= 0.6 is 0 Å². The van der Waals surface area contributed by atoms with Crippen LogP contribution in [0.3, 0.4) is 0 Å². The van der Waals surface area contributed by atoms with Gasteiger partial charge in [-0.15, -0.1) is 0 Å². The number of nitrogens with one attached hydrogen (secondary N) is 1. The Morgan fingerprint density at radius 2 is 1.84 bits per heavy atom. The van der Waals surface area contributed by atoms with Crippen LogP contribution in [0.25, 0.3) is 0 Å². The predicted molar refractivity (Wildman–Crippen MR) is 93.6 cm³/mol. The average molecular weight is 342 g/mol. The number of amides is 1. The maximum absolute atomic E-state index is 12.0. The van der Waals surface area contributed by atoms with Gasteiger partial charge >= 0.3 is 5.97 Å². The first kappa shape index (κ1) is 18.4. The minimum atomic E-state index is -0.441. The molecule has 2 rings (SSSR count). The third-order valence-electron chi connectivity index (χ3n) is 3.93. The highest BCUT2D eigenvalue weighted by Gasteiger charge is 2.10. The zero-order chi connectivity index (χ0) is 18.4. The van der Waals surface area contributed by atoms with Crippen molar-refractivity contribution < 1.29 is 19.1 Å². The molecule has 0 aliphatic heterocycles. The van der Waals surface area contributed by atoms with Crippen LogP contribution in [0.4, 0.5) is 0 Å². The van der Waals surface area contributed by atoms with Crippen molar-refractivity contribution in [2.24, 2.45) is 0 Å². The number of benzene rings is 1. The fraction of sp³-hybridized carbons (Fsp3) is 0.316. The van der Waals surface area contributed by atoms with Crippen molar-refractivity contribution in [1.29, 1.82) is 0 Å². The van der Waals surface area contributed by atoms with Gasteiger partial charge in [0, 0.05) is 6.20 Å². The number of methoxy groups -OCH3 is 1. The Balaban J connectivity index is 1.92. The lowest BCUT2D eigenvalue weighted by Gasteiger charge is -2.14. The number of carbonyl (C=O) groups excluding carboxylic acids is 2. The smallest absolute Gasteiger partial charge is 0.337 e. The molecule has 0 saturated heterocycles. The zero-order valence-electron chi connectivity index (χ0n) is 14.9. The normalized spacial score (nSPS) is 10.2. The molecule has 0 aliphatic carbocycles. The van der Waals surface area contributed by atoms with Crippen molar-refractivity contribution in [2.45, 2.75) is 27.3 Å². The maximum Gasteiger partial charge on any atom is 0.337 e. The largest absolute Gasteiger partial charge is 0.483 e. The maximum atomic E-state index is 12.0. The molecular formula is C19H22N2O4. The highest BCUT2D eigenvalue weighted by atomic mass is 16.5. The standard InChI is InChI=1S/C19H22N2O4/c1-12-5-6-13(2)18(14(12)3)25-11-17(22)21-10-16-9-15(7-8-20-16)19(23)24-4/h5-9H,10-11H2,1-4H3,(H,21,22). The number of pyridine rings is 1. The molecule has 1 N–H and O–H groups in total. The van der Waals surface area contributed by atoms with Gasteiger partial charge in [-0.05, 0) is 49.6 Å². The molecule has 1 amide bonds. The number of rotatable bonds is 6. The monoisotopic (exact) mass is 342 g/mol. The van der Waals surface area contributed by atoms with Gasteiger partial charge in [0.15, 0.2) is 6.61 Å². The summed E-state index contributed by atoms with van der Waals surface area (Å²) in [4.78, 5) is 27.6. The second-order valence-electron chi connectivity index (χ2n) is 5.75. The summed E-state index contributed by atoms with van der Waals surface area (Å²) in [5, 5.41) is 2.73. The summed E-state index contributed by atoms with van der Waals surface area (Å²) in [7, 11) is 1.32. The predicted octanol–water partition coefficient (Wildman–Crippen LogP) is 2.49. The van der Waals surface area contributed by atoms with Crippen molar-refractivity contribution >= 4 is 11.9 Å². The lowest BCUT2D eigenvalue weighted by atomic mass is 10.1. The fourth-order valence-electron chi connectivity index (χ4n) is 2.35. The molecule has 0 aliphatic rings. The highest BCUT2D eigenvalue weighted by molar-refractivity contribution is 5.89. The minimum Gasteiger partial charge on any atom is -0.483 e. The number of nitrogens with zero attached hydrogens (tertiary/aromatic N) is 1. The number of aryl methyl sites for hydroxylation is 2. The van der Waals surface area contributed by atoms with E-state index in [1.807, 2.05) is 32.9 Å². The van der Waals surface area contributed by atoms with Gasteiger partial charge < -0.3 is 14.8 Å². The first-order valence-corrected chi connectivity index (χ1v) is 7.92. The molecule has 2 aromatic rings. The molecule has 0 saturated carbocycles. The number of carbonyl (C=O) groups is 2. The summed E-state index contributed by atoms with van der Waals surface area (Å²) in [6.45, 7) is 6.04. The molecule has 25 heavy (non-hydrogen) atoms. The summed E-state index contributed by atoms with van der Waals surface area (Å²) in [6, 6.07) is 7.14. The Kier molecular flexibility index (Phi) is 6.11. The molecule has 6 heteroatoms. The first-order chi connectivity index (χ1) is 11.9. The number of hydrogen-bond donors (Lipinski definition) is 1. The molecule has 1 heterocycles. The number of hydrogen-bond acceptors (Lipinski definition) is 5. The molecule has 0 unspecified atom stereocenters. The Labute approximate surface area is 147 Å². The van der Waals surface area contributed by atoms with Crippen LogP contribution in [-0.4, -0.2) is 30.6 Å². The first-order valence-electron chi connectivity index (χ1n) is 7.92. The van der Waals surface area contributed by atoms with Gasteiger partial charge in [0.05, 0.1) is 24.9 Å². The third kappa shape index (κ3) is 4.79. The van der Waals surface area contributed by atoms with E-state index in [2.05, 4.69) is 15.0 Å². The quantitative estimate of drug-likeness (QED) is 0.816. The van der Waals surface area contributed by atoms with E-state index in [0.29, 0.717) is 11.3 Å². The van der Waals surface area contributed by atoms with E-state index in [1.165, 1.54) is 13.3 Å². The molecule has 0 spiro atoms. The van der Waals surface area contributed by atoms with Crippen LogP contribution in [0.1, 0.15) is 32.7 Å². The van der Waals surface area contributed by atoms with Crippen LogP contribution < -0.4 is 10.1 Å². The van der Waals surface area contributed by atoms with Gasteiger partial charge in [0.1, 0.15) is 5.75 Å². The molecule has 6 nitrogen and oxygen atoms in total. The van der Waals surface area contributed by atoms with Crippen molar-refractivity contribution in [3.8, 4) is 5.75 Å². The fourth-order valence-corrected chi connectivity index (χ4v) is 2.35. The molecule has 1 aromatic carbocycles. The van der Waals surface area contributed by atoms with E-state index < -0.39 is 5.97 Å². The SMILES string of the molecule is COC(=O)c1ccnc(CNC(=O)COc2c(C)ccc(C)c2C)c1. The zero-order valence-corrected chi connectivity index (χ0v) is 14.9. The molecule has 0 bridgehead atoms. The van der Waals surface area contributed by atoms with E-state index in [9.17, 15) is 9.59 Å². The summed E-state index contributed by atoms with van der Waals surface area (Å²) in [5.74, 6) is 0.0373. The Bertz CT molecular complexity index is 787. The van der Waals surface area contributed by atoms with E-state index in [0.717, 1.165) is 22.4 Å². The van der Waals surface area contributed by atoms with E-state index >= 15 is 0 Å². The Morgan fingerprint density at radius 3 is 2.56 bits per heavy atom. The summed E-state index contributed by atoms with van der Waals surface area (Å²) in [6.07, 6.45) is 1.50. The number of aromatic nitrogens is 1. The second-order valence-corrected chi connectivity index (χ2v) is 5.75. The summed E-state index contributed by atoms with van der Waals surface area (Å²) in [5.41, 5.74) is 4.09. The Hall–Kier alpha value is -2.89. The van der Waals surface area contributed by atoms with E-state index in [1.54, 1.807) is 12.1 Å². The average Bonchev–Trinajstić information content (AvgIpc) is 2.62. The van der Waals surface area contributed by atoms with Crippen LogP contribution in [0.15, 0.2) is 30.5 Å². The van der Waals surface area contributed by atoms with Gasteiger partial charge in [-0.25, -0.2) is 4.79 Å². The van der Waals surface area contributed by atoms with Crippen LogP contribution in [0, 0.1) is 20.8 Å². The van der Waals surface area contributed by atoms with E-state index in [4.69, 9.17) is 4.74 Å². The van der Waals surface area contributed by atoms with Crippen molar-refractivity contribution in [1.82, 2.24) is 10.3 Å². The van der Waals surface area contributed by atoms with Gasteiger partial charge in [-0.3, -0.25) is 9.78 Å². The van der Waals surface area contributed by atoms with Crippen LogP contribution in [-0.2, 0) is 16.1 Å². The van der Waals surface area contributed by atoms with Crippen LogP contribution in [0.2, 0.25) is 0 Å². The Morgan fingerprint density at radius 1 is 1.12 bits per heavy atom. The van der Waals surface area contributed by atoms with E-state index in [-0.39, 0.29) is 19.1 Å². The molecule has 132 valence electrons. The molecule has 0 radical (unpaired) electrons. The molecule has 1 aromatic heterocycles. The van der Waals surface area contributed by atoms with Gasteiger partial charge in [-0.1, -0.05) is 12.1 Å². The number of esters is 1. The van der Waals surface area contributed by atoms with Crippen molar-refractivity contribution in [3.05, 3.63) is 58.4 Å². The van der Waals surface area contributed by atoms with Crippen LogP contribution in [0.5, 0.6) is 5.75 Å².